The third kappa shape index (κ3) is 2.47. The monoisotopic (exact) mass is 266 g/mol. The molecule has 0 unspecified atom stereocenters. The molecule has 2 nitrogen and oxygen atoms in total. The normalized spacial score (nSPS) is 47.1. The van der Waals surface area contributed by atoms with Crippen molar-refractivity contribution in [1.29, 1.82) is 0 Å². The number of fused-ring (bicyclic) bond motifs is 2. The zero-order valence-corrected chi connectivity index (χ0v) is 12.8. The highest BCUT2D eigenvalue weighted by Gasteiger charge is 2.51. The molecule has 3 fully saturated rings. The molecule has 110 valence electrons. The van der Waals surface area contributed by atoms with E-state index in [1.54, 1.807) is 0 Å². The summed E-state index contributed by atoms with van der Waals surface area (Å²) in [6.45, 7) is 6.72. The van der Waals surface area contributed by atoms with Gasteiger partial charge < -0.3 is 9.84 Å². The number of hydrogen-bond donors (Lipinski definition) is 1. The van der Waals surface area contributed by atoms with Crippen LogP contribution in [-0.4, -0.2) is 22.9 Å². The largest absolute Gasteiger partial charge is 0.393 e. The van der Waals surface area contributed by atoms with E-state index in [1.165, 1.54) is 38.5 Å². The Labute approximate surface area is 117 Å². The molecule has 0 radical (unpaired) electrons. The van der Waals surface area contributed by atoms with Crippen LogP contribution in [0.2, 0.25) is 0 Å². The van der Waals surface area contributed by atoms with Crippen molar-refractivity contribution in [2.75, 3.05) is 0 Å². The Morgan fingerprint density at radius 3 is 2.42 bits per heavy atom. The van der Waals surface area contributed by atoms with Gasteiger partial charge in [0.1, 0.15) is 0 Å². The first-order valence-electron chi connectivity index (χ1n) is 8.35. The molecule has 19 heavy (non-hydrogen) atoms. The molecule has 0 aromatic rings. The van der Waals surface area contributed by atoms with Crippen molar-refractivity contribution < 1.29 is 9.84 Å². The molecule has 5 atom stereocenters. The van der Waals surface area contributed by atoms with E-state index in [4.69, 9.17) is 4.74 Å². The summed E-state index contributed by atoms with van der Waals surface area (Å²) in [5.41, 5.74) is -0.0419. The van der Waals surface area contributed by atoms with Crippen LogP contribution >= 0.6 is 0 Å². The second-order valence-electron chi connectivity index (χ2n) is 7.84. The SMILES string of the molecule is C[C@H]1[C@H]2C[C@@H](C[C@@H]1O)C(C)(C)O[C@H]2C1CCCCC1. The van der Waals surface area contributed by atoms with E-state index in [0.717, 1.165) is 12.3 Å². The summed E-state index contributed by atoms with van der Waals surface area (Å²) in [5.74, 6) is 2.29. The van der Waals surface area contributed by atoms with E-state index in [2.05, 4.69) is 20.8 Å². The zero-order chi connectivity index (χ0) is 13.6. The molecule has 1 aliphatic heterocycles. The third-order valence-electron chi connectivity index (χ3n) is 6.32. The second kappa shape index (κ2) is 5.04. The van der Waals surface area contributed by atoms with Crippen LogP contribution in [0.3, 0.4) is 0 Å². The molecular weight excluding hydrogens is 236 g/mol. The fourth-order valence-corrected chi connectivity index (χ4v) is 4.87. The van der Waals surface area contributed by atoms with Crippen molar-refractivity contribution in [3.8, 4) is 0 Å². The molecule has 2 saturated carbocycles. The number of aliphatic hydroxyl groups is 1. The van der Waals surface area contributed by atoms with E-state index in [9.17, 15) is 5.11 Å². The maximum Gasteiger partial charge on any atom is 0.0659 e. The van der Waals surface area contributed by atoms with E-state index in [0.29, 0.717) is 23.9 Å². The van der Waals surface area contributed by atoms with Crippen molar-refractivity contribution in [2.45, 2.75) is 83.5 Å². The average molecular weight is 266 g/mol. The van der Waals surface area contributed by atoms with Crippen LogP contribution in [0.1, 0.15) is 65.7 Å². The van der Waals surface area contributed by atoms with Crippen molar-refractivity contribution in [2.24, 2.45) is 23.7 Å². The Balaban J connectivity index is 1.81. The molecule has 1 N–H and O–H groups in total. The number of hydrogen-bond acceptors (Lipinski definition) is 2. The van der Waals surface area contributed by atoms with Gasteiger partial charge in [0.05, 0.1) is 17.8 Å². The van der Waals surface area contributed by atoms with Gasteiger partial charge in [0, 0.05) is 0 Å². The molecule has 0 aromatic heterocycles. The van der Waals surface area contributed by atoms with Crippen LogP contribution in [0.25, 0.3) is 0 Å². The molecule has 0 aromatic carbocycles. The standard InChI is InChI=1S/C17H30O2/c1-11-14-9-13(10-15(11)18)17(2,3)19-16(14)12-7-5-4-6-8-12/h11-16,18H,4-10H2,1-3H3/t11-,13-,14+,15-,16-/m0/s1. The lowest BCUT2D eigenvalue weighted by Crippen LogP contribution is -2.57. The lowest BCUT2D eigenvalue weighted by molar-refractivity contribution is -0.229. The minimum Gasteiger partial charge on any atom is -0.393 e. The maximum atomic E-state index is 10.4. The fraction of sp³-hybridized carbons (Fsp3) is 1.00. The molecule has 3 rings (SSSR count). The van der Waals surface area contributed by atoms with Crippen LogP contribution in [0.15, 0.2) is 0 Å². The minimum atomic E-state index is -0.113. The highest BCUT2D eigenvalue weighted by atomic mass is 16.5. The quantitative estimate of drug-likeness (QED) is 0.783. The van der Waals surface area contributed by atoms with Gasteiger partial charge in [0.25, 0.3) is 0 Å². The summed E-state index contributed by atoms with van der Waals surface area (Å²) in [6, 6.07) is 0. The van der Waals surface area contributed by atoms with Crippen LogP contribution in [0.5, 0.6) is 0 Å². The van der Waals surface area contributed by atoms with Crippen molar-refractivity contribution in [3.63, 3.8) is 0 Å². The number of rotatable bonds is 1. The zero-order valence-electron chi connectivity index (χ0n) is 12.8. The molecule has 1 heterocycles. The highest BCUT2D eigenvalue weighted by molar-refractivity contribution is 5.00. The van der Waals surface area contributed by atoms with Crippen LogP contribution in [-0.2, 0) is 4.74 Å². The Kier molecular flexibility index (Phi) is 3.68. The molecule has 0 spiro atoms. The highest BCUT2D eigenvalue weighted by Crippen LogP contribution is 2.51. The smallest absolute Gasteiger partial charge is 0.0659 e. The molecule has 1 saturated heterocycles. The fourth-order valence-electron chi connectivity index (χ4n) is 4.87. The first kappa shape index (κ1) is 13.9. The van der Waals surface area contributed by atoms with Crippen molar-refractivity contribution in [1.82, 2.24) is 0 Å². The van der Waals surface area contributed by atoms with Gasteiger partial charge in [0.2, 0.25) is 0 Å². The summed E-state index contributed by atoms with van der Waals surface area (Å²) in [5, 5.41) is 10.4. The van der Waals surface area contributed by atoms with Crippen LogP contribution in [0, 0.1) is 23.7 Å². The Bertz CT molecular complexity index is 319. The maximum absolute atomic E-state index is 10.4. The van der Waals surface area contributed by atoms with E-state index in [1.807, 2.05) is 0 Å². The Morgan fingerprint density at radius 2 is 1.74 bits per heavy atom. The predicted octanol–water partition coefficient (Wildman–Crippen LogP) is 3.77. The second-order valence-corrected chi connectivity index (χ2v) is 7.84. The molecule has 2 aliphatic carbocycles. The van der Waals surface area contributed by atoms with Gasteiger partial charge in [-0.25, -0.2) is 0 Å². The Morgan fingerprint density at radius 1 is 1.05 bits per heavy atom. The molecule has 0 amide bonds. The minimum absolute atomic E-state index is 0.0419. The van der Waals surface area contributed by atoms with Crippen LogP contribution in [0.4, 0.5) is 0 Å². The molecule has 3 aliphatic rings. The molecule has 2 heteroatoms. The van der Waals surface area contributed by atoms with Crippen LogP contribution < -0.4 is 0 Å². The topological polar surface area (TPSA) is 29.5 Å². The van der Waals surface area contributed by atoms with Gasteiger partial charge in [0.15, 0.2) is 0 Å². The van der Waals surface area contributed by atoms with E-state index in [-0.39, 0.29) is 11.7 Å². The summed E-state index contributed by atoms with van der Waals surface area (Å²) in [4.78, 5) is 0. The van der Waals surface area contributed by atoms with Gasteiger partial charge in [-0.15, -0.1) is 0 Å². The lowest BCUT2D eigenvalue weighted by Gasteiger charge is -2.55. The van der Waals surface area contributed by atoms with Gasteiger partial charge in [-0.1, -0.05) is 26.2 Å². The summed E-state index contributed by atoms with van der Waals surface area (Å²) in [6.07, 6.45) is 9.31. The Hall–Kier alpha value is -0.0800. The first-order valence-corrected chi connectivity index (χ1v) is 8.35. The van der Waals surface area contributed by atoms with Gasteiger partial charge in [-0.2, -0.15) is 0 Å². The van der Waals surface area contributed by atoms with Gasteiger partial charge in [-0.05, 0) is 63.2 Å². The van der Waals surface area contributed by atoms with Crippen molar-refractivity contribution >= 4 is 0 Å². The van der Waals surface area contributed by atoms with E-state index >= 15 is 0 Å². The van der Waals surface area contributed by atoms with Crippen molar-refractivity contribution in [3.05, 3.63) is 0 Å². The van der Waals surface area contributed by atoms with E-state index < -0.39 is 0 Å². The molecular formula is C17H30O2. The first-order chi connectivity index (χ1) is 8.99. The summed E-state index contributed by atoms with van der Waals surface area (Å²) >= 11 is 0. The predicted molar refractivity (Wildman–Crippen MR) is 76.9 cm³/mol. The number of aliphatic hydroxyl groups excluding tert-OH is 1. The molecule has 2 bridgehead atoms. The lowest BCUT2D eigenvalue weighted by atomic mass is 9.61. The van der Waals surface area contributed by atoms with Gasteiger partial charge in [-0.3, -0.25) is 0 Å². The third-order valence-corrected chi connectivity index (χ3v) is 6.32. The number of ether oxygens (including phenoxy) is 1. The van der Waals surface area contributed by atoms with Gasteiger partial charge >= 0.3 is 0 Å². The average Bonchev–Trinajstić information content (AvgIpc) is 2.39. The summed E-state index contributed by atoms with van der Waals surface area (Å²) in [7, 11) is 0. The summed E-state index contributed by atoms with van der Waals surface area (Å²) < 4.78 is 6.59.